The van der Waals surface area contributed by atoms with Crippen molar-refractivity contribution in [1.82, 2.24) is 15.5 Å². The zero-order chi connectivity index (χ0) is 13.7. The van der Waals surface area contributed by atoms with Crippen LogP contribution in [0.5, 0.6) is 0 Å². The highest BCUT2D eigenvalue weighted by Gasteiger charge is 2.11. The number of methoxy groups -OCH3 is 1. The first-order chi connectivity index (χ1) is 9.19. The van der Waals surface area contributed by atoms with Crippen LogP contribution in [-0.4, -0.2) is 29.9 Å². The van der Waals surface area contributed by atoms with Crippen LogP contribution in [-0.2, 0) is 11.2 Å². The van der Waals surface area contributed by atoms with Gasteiger partial charge in [-0.2, -0.15) is 4.98 Å². The van der Waals surface area contributed by atoms with E-state index < -0.39 is 6.09 Å². The number of ether oxygens (including phenoxy) is 1. The number of aromatic nitrogens is 2. The Morgan fingerprint density at radius 1 is 1.53 bits per heavy atom. The highest BCUT2D eigenvalue weighted by Crippen LogP contribution is 2.22. The van der Waals surface area contributed by atoms with Crippen LogP contribution in [0.2, 0.25) is 0 Å². The first-order valence-corrected chi connectivity index (χ1v) is 6.38. The SMILES string of the molecule is COC(=O)NCCCc1nc(-c2ccc(Br)o2)no1. The van der Waals surface area contributed by atoms with E-state index in [1.54, 1.807) is 12.1 Å². The molecule has 0 fully saturated rings. The van der Waals surface area contributed by atoms with E-state index in [4.69, 9.17) is 8.94 Å². The highest BCUT2D eigenvalue weighted by molar-refractivity contribution is 9.10. The number of nitrogens with zero attached hydrogens (tertiary/aromatic N) is 2. The van der Waals surface area contributed by atoms with Crippen LogP contribution in [0, 0.1) is 0 Å². The van der Waals surface area contributed by atoms with Crippen molar-refractivity contribution < 1.29 is 18.5 Å². The summed E-state index contributed by atoms with van der Waals surface area (Å²) in [4.78, 5) is 15.0. The molecule has 7 nitrogen and oxygen atoms in total. The summed E-state index contributed by atoms with van der Waals surface area (Å²) >= 11 is 3.20. The van der Waals surface area contributed by atoms with Crippen LogP contribution in [0.25, 0.3) is 11.6 Å². The van der Waals surface area contributed by atoms with Crippen molar-refractivity contribution in [2.24, 2.45) is 0 Å². The van der Waals surface area contributed by atoms with Gasteiger partial charge in [0.2, 0.25) is 11.7 Å². The van der Waals surface area contributed by atoms with Crippen LogP contribution >= 0.6 is 15.9 Å². The molecule has 0 aromatic carbocycles. The molecule has 1 amide bonds. The third kappa shape index (κ3) is 3.82. The maximum atomic E-state index is 10.8. The molecule has 0 aliphatic rings. The molecule has 0 radical (unpaired) electrons. The first-order valence-electron chi connectivity index (χ1n) is 5.59. The van der Waals surface area contributed by atoms with Gasteiger partial charge in [-0.3, -0.25) is 0 Å². The van der Waals surface area contributed by atoms with Crippen LogP contribution in [0.1, 0.15) is 12.3 Å². The second-order valence-corrected chi connectivity index (χ2v) is 4.42. The number of furan rings is 1. The maximum absolute atomic E-state index is 10.8. The van der Waals surface area contributed by atoms with Gasteiger partial charge in [-0.05, 0) is 34.5 Å². The standard InChI is InChI=1S/C11H12BrN3O4/c1-17-11(16)13-6-2-3-9-14-10(15-19-9)7-4-5-8(12)18-7/h4-5H,2-3,6H2,1H3,(H,13,16). The Bertz CT molecular complexity index is 552. The summed E-state index contributed by atoms with van der Waals surface area (Å²) in [5.41, 5.74) is 0. The number of halogens is 1. The monoisotopic (exact) mass is 329 g/mol. The van der Waals surface area contributed by atoms with Gasteiger partial charge in [-0.15, -0.1) is 0 Å². The molecular weight excluding hydrogens is 318 g/mol. The van der Waals surface area contributed by atoms with Gasteiger partial charge < -0.3 is 19.0 Å². The minimum absolute atomic E-state index is 0.404. The molecule has 19 heavy (non-hydrogen) atoms. The number of alkyl carbamates (subject to hydrolysis) is 1. The molecule has 0 atom stereocenters. The Morgan fingerprint density at radius 2 is 2.37 bits per heavy atom. The molecule has 1 N–H and O–H groups in total. The Balaban J connectivity index is 1.83. The van der Waals surface area contributed by atoms with Crippen LogP contribution < -0.4 is 5.32 Å². The zero-order valence-electron chi connectivity index (χ0n) is 10.2. The summed E-state index contributed by atoms with van der Waals surface area (Å²) < 4.78 is 15.4. The quantitative estimate of drug-likeness (QED) is 0.847. The molecule has 2 aromatic heterocycles. The molecule has 0 unspecified atom stereocenters. The average molecular weight is 330 g/mol. The molecule has 2 rings (SSSR count). The number of aryl methyl sites for hydroxylation is 1. The van der Waals surface area contributed by atoms with Gasteiger partial charge in [0.25, 0.3) is 0 Å². The maximum Gasteiger partial charge on any atom is 0.406 e. The Labute approximate surface area is 117 Å². The fourth-order valence-corrected chi connectivity index (χ4v) is 1.70. The third-order valence-electron chi connectivity index (χ3n) is 2.28. The van der Waals surface area contributed by atoms with Crippen molar-refractivity contribution in [3.8, 4) is 11.6 Å². The third-order valence-corrected chi connectivity index (χ3v) is 2.71. The molecule has 0 spiro atoms. The molecule has 0 saturated heterocycles. The normalized spacial score (nSPS) is 10.4. The summed E-state index contributed by atoms with van der Waals surface area (Å²) in [6, 6.07) is 3.50. The van der Waals surface area contributed by atoms with Gasteiger partial charge in [-0.25, -0.2) is 4.79 Å². The number of nitrogens with one attached hydrogen (secondary N) is 1. The van der Waals surface area contributed by atoms with Crippen molar-refractivity contribution >= 4 is 22.0 Å². The van der Waals surface area contributed by atoms with E-state index >= 15 is 0 Å². The molecule has 102 valence electrons. The van der Waals surface area contributed by atoms with Crippen molar-refractivity contribution in [3.05, 3.63) is 22.7 Å². The fourth-order valence-electron chi connectivity index (χ4n) is 1.39. The lowest BCUT2D eigenvalue weighted by Crippen LogP contribution is -2.24. The average Bonchev–Trinajstić information content (AvgIpc) is 3.03. The molecule has 2 heterocycles. The number of amides is 1. The van der Waals surface area contributed by atoms with Crippen molar-refractivity contribution in [2.75, 3.05) is 13.7 Å². The molecule has 8 heteroatoms. The largest absolute Gasteiger partial charge is 0.453 e. The van der Waals surface area contributed by atoms with E-state index in [0.717, 1.165) is 0 Å². The summed E-state index contributed by atoms with van der Waals surface area (Å²) in [5.74, 6) is 1.44. The van der Waals surface area contributed by atoms with Crippen LogP contribution in [0.4, 0.5) is 4.79 Å². The number of hydrogen-bond acceptors (Lipinski definition) is 6. The van der Waals surface area contributed by atoms with Crippen molar-refractivity contribution in [1.29, 1.82) is 0 Å². The van der Waals surface area contributed by atoms with Gasteiger partial charge in [0.05, 0.1) is 7.11 Å². The topological polar surface area (TPSA) is 90.4 Å². The van der Waals surface area contributed by atoms with E-state index in [1.165, 1.54) is 7.11 Å². The molecule has 0 bridgehead atoms. The summed E-state index contributed by atoms with van der Waals surface area (Å²) in [7, 11) is 1.32. The van der Waals surface area contributed by atoms with Gasteiger partial charge in [-0.1, -0.05) is 5.16 Å². The smallest absolute Gasteiger partial charge is 0.406 e. The van der Waals surface area contributed by atoms with Gasteiger partial charge >= 0.3 is 6.09 Å². The van der Waals surface area contributed by atoms with Gasteiger partial charge in [0.15, 0.2) is 10.4 Å². The van der Waals surface area contributed by atoms with E-state index in [0.29, 0.717) is 41.5 Å². The van der Waals surface area contributed by atoms with E-state index in [-0.39, 0.29) is 0 Å². The number of rotatable bonds is 5. The van der Waals surface area contributed by atoms with E-state index in [1.807, 2.05) is 0 Å². The summed E-state index contributed by atoms with van der Waals surface area (Å²) in [5, 5.41) is 6.39. The Kier molecular flexibility index (Phi) is 4.56. The lowest BCUT2D eigenvalue weighted by atomic mass is 10.3. The van der Waals surface area contributed by atoms with Crippen LogP contribution in [0.15, 0.2) is 25.7 Å². The number of hydrogen-bond donors (Lipinski definition) is 1. The van der Waals surface area contributed by atoms with Gasteiger partial charge in [0.1, 0.15) is 0 Å². The molecular formula is C11H12BrN3O4. The Hall–Kier alpha value is -1.83. The lowest BCUT2D eigenvalue weighted by Gasteiger charge is -2.00. The zero-order valence-corrected chi connectivity index (χ0v) is 11.8. The second-order valence-electron chi connectivity index (χ2n) is 3.64. The first kappa shape index (κ1) is 13.6. The van der Waals surface area contributed by atoms with Gasteiger partial charge in [0, 0.05) is 13.0 Å². The predicted octanol–water partition coefficient (Wildman–Crippen LogP) is 2.38. The predicted molar refractivity (Wildman–Crippen MR) is 68.4 cm³/mol. The molecule has 0 aliphatic heterocycles. The summed E-state index contributed by atoms with van der Waals surface area (Å²) in [6.45, 7) is 0.483. The Morgan fingerprint density at radius 3 is 3.05 bits per heavy atom. The molecule has 0 aliphatic carbocycles. The minimum atomic E-state index is -0.452. The van der Waals surface area contributed by atoms with E-state index in [2.05, 4.69) is 36.1 Å². The van der Waals surface area contributed by atoms with E-state index in [9.17, 15) is 4.79 Å². The van der Waals surface area contributed by atoms with Crippen molar-refractivity contribution in [3.63, 3.8) is 0 Å². The van der Waals surface area contributed by atoms with Crippen molar-refractivity contribution in [2.45, 2.75) is 12.8 Å². The highest BCUT2D eigenvalue weighted by atomic mass is 79.9. The lowest BCUT2D eigenvalue weighted by molar-refractivity contribution is 0.171. The fraction of sp³-hybridized carbons (Fsp3) is 0.364. The number of carbonyl (C=O) groups is 1. The molecule has 2 aromatic rings. The number of carbonyl (C=O) groups excluding carboxylic acids is 1. The van der Waals surface area contributed by atoms with Crippen LogP contribution in [0.3, 0.4) is 0 Å². The second kappa shape index (κ2) is 6.37. The summed E-state index contributed by atoms with van der Waals surface area (Å²) in [6.07, 6.45) is 0.795. The minimum Gasteiger partial charge on any atom is -0.453 e. The molecule has 0 saturated carbocycles.